The summed E-state index contributed by atoms with van der Waals surface area (Å²) in [5.41, 5.74) is 0. The fourth-order valence-electron chi connectivity index (χ4n) is 3.95. The van der Waals surface area contributed by atoms with Gasteiger partial charge in [-0.3, -0.25) is 9.13 Å². The smallest absolute Gasteiger partial charge is 0.295 e. The van der Waals surface area contributed by atoms with Crippen molar-refractivity contribution in [1.29, 1.82) is 0 Å². The Kier molecular flexibility index (Phi) is 4.92. The molecule has 104 valence electrons. The molecule has 1 saturated heterocycles. The summed E-state index contributed by atoms with van der Waals surface area (Å²) in [5.74, 6) is 0. The minimum Gasteiger partial charge on any atom is -0.295 e. The summed E-state index contributed by atoms with van der Waals surface area (Å²) < 4.78 is 5.36. The molecule has 1 aliphatic heterocycles. The molecule has 4 heteroatoms. The molecule has 2 aliphatic rings. The molecule has 1 saturated carbocycles. The van der Waals surface area contributed by atoms with Crippen LogP contribution >= 0.6 is 11.1 Å². The van der Waals surface area contributed by atoms with Crippen LogP contribution in [0.25, 0.3) is 0 Å². The third-order valence-electron chi connectivity index (χ3n) is 4.67. The highest BCUT2D eigenvalue weighted by Crippen LogP contribution is 2.43. The monoisotopic (exact) mass is 286 g/mol. The number of nitrogens with zero attached hydrogens (tertiary/aromatic N) is 2. The highest BCUT2D eigenvalue weighted by atomic mass is 35.6. The minimum absolute atomic E-state index is 0.734. The third kappa shape index (κ3) is 2.31. The summed E-state index contributed by atoms with van der Waals surface area (Å²) in [6, 6.07) is 2.54. The highest BCUT2D eigenvalue weighted by molar-refractivity contribution is 7.17. The predicted molar refractivity (Wildman–Crippen MR) is 82.0 cm³/mol. The summed E-state index contributed by atoms with van der Waals surface area (Å²) in [4.78, 5) is 0. The van der Waals surface area contributed by atoms with Crippen LogP contribution in [0.1, 0.15) is 46.5 Å². The Bertz CT molecular complexity index is 288. The molecule has 0 spiro atoms. The molecule has 0 bridgehead atoms. The number of rotatable bonds is 4. The molecular formula is C14H27ClN2Si. The van der Waals surface area contributed by atoms with E-state index in [1.807, 2.05) is 0 Å². The fraction of sp³-hybridized carbons (Fsp3) is 0.857. The lowest BCUT2D eigenvalue weighted by molar-refractivity contribution is 0.210. The second-order valence-corrected chi connectivity index (χ2v) is 10.3. The van der Waals surface area contributed by atoms with E-state index < -0.39 is 7.71 Å². The maximum atomic E-state index is 7.20. The Labute approximate surface area is 118 Å². The molecule has 0 N–H and O–H groups in total. The normalized spacial score (nSPS) is 38.4. The van der Waals surface area contributed by atoms with Gasteiger partial charge in [-0.1, -0.05) is 38.8 Å². The van der Waals surface area contributed by atoms with Gasteiger partial charge in [0, 0.05) is 18.1 Å². The van der Waals surface area contributed by atoms with Gasteiger partial charge in [0.25, 0.3) is 0 Å². The summed E-state index contributed by atoms with van der Waals surface area (Å²) in [6.07, 6.45) is 9.92. The topological polar surface area (TPSA) is 6.48 Å². The van der Waals surface area contributed by atoms with E-state index in [1.54, 1.807) is 0 Å². The van der Waals surface area contributed by atoms with E-state index in [0.717, 1.165) is 31.2 Å². The van der Waals surface area contributed by atoms with Crippen molar-refractivity contribution in [3.05, 3.63) is 12.2 Å². The maximum absolute atomic E-state index is 7.20. The summed E-state index contributed by atoms with van der Waals surface area (Å²) >= 11 is 7.20. The summed E-state index contributed by atoms with van der Waals surface area (Å²) in [6.45, 7) is 8.90. The van der Waals surface area contributed by atoms with Crippen molar-refractivity contribution in [3.63, 3.8) is 0 Å². The predicted octanol–water partition coefficient (Wildman–Crippen LogP) is 3.71. The first kappa shape index (κ1) is 14.6. The number of hydrogen-bond acceptors (Lipinski definition) is 2. The largest absolute Gasteiger partial charge is 0.311 e. The number of halogens is 1. The van der Waals surface area contributed by atoms with Crippen LogP contribution in [0.15, 0.2) is 12.2 Å². The van der Waals surface area contributed by atoms with Crippen molar-refractivity contribution >= 4 is 18.8 Å². The average Bonchev–Trinajstić information content (AvgIpc) is 2.64. The van der Waals surface area contributed by atoms with E-state index in [0.29, 0.717) is 0 Å². The molecule has 0 aromatic carbocycles. The Balaban J connectivity index is 2.28. The van der Waals surface area contributed by atoms with Crippen molar-refractivity contribution in [3.8, 4) is 0 Å². The zero-order valence-corrected chi connectivity index (χ0v) is 13.8. The third-order valence-corrected chi connectivity index (χ3v) is 10.2. The molecule has 18 heavy (non-hydrogen) atoms. The molecule has 2 rings (SSSR count). The van der Waals surface area contributed by atoms with Crippen molar-refractivity contribution in [2.45, 2.75) is 64.6 Å². The molecule has 0 radical (unpaired) electrons. The number of hydrogen-bond donors (Lipinski definition) is 0. The molecule has 0 aromatic rings. The molecular weight excluding hydrogens is 260 g/mol. The lowest BCUT2D eigenvalue weighted by Gasteiger charge is -2.35. The van der Waals surface area contributed by atoms with E-state index >= 15 is 0 Å². The van der Waals surface area contributed by atoms with E-state index in [1.165, 1.54) is 25.7 Å². The van der Waals surface area contributed by atoms with Crippen LogP contribution in [0.4, 0.5) is 0 Å². The maximum Gasteiger partial charge on any atom is 0.311 e. The molecule has 3 atom stereocenters. The van der Waals surface area contributed by atoms with Crippen molar-refractivity contribution in [2.75, 3.05) is 13.1 Å². The van der Waals surface area contributed by atoms with Gasteiger partial charge in [-0.2, -0.15) is 0 Å². The average molecular weight is 287 g/mol. The molecule has 1 heterocycles. The molecule has 1 aliphatic carbocycles. The quantitative estimate of drug-likeness (QED) is 0.442. The van der Waals surface area contributed by atoms with Crippen LogP contribution in [-0.2, 0) is 0 Å². The van der Waals surface area contributed by atoms with Crippen molar-refractivity contribution in [2.24, 2.45) is 0 Å². The van der Waals surface area contributed by atoms with Crippen LogP contribution in [0.3, 0.4) is 0 Å². The highest BCUT2D eigenvalue weighted by Gasteiger charge is 2.57. The Morgan fingerprint density at radius 2 is 1.61 bits per heavy atom. The van der Waals surface area contributed by atoms with Crippen LogP contribution in [0, 0.1) is 0 Å². The Hall–Kier alpha value is 0.167. The van der Waals surface area contributed by atoms with Crippen LogP contribution in [-0.4, -0.2) is 42.0 Å². The molecule has 2 unspecified atom stereocenters. The number of allylic oxidation sites excluding steroid dienone is 2. The lowest BCUT2D eigenvalue weighted by atomic mass is 9.90. The van der Waals surface area contributed by atoms with Gasteiger partial charge in [-0.05, 0) is 32.9 Å². The van der Waals surface area contributed by atoms with Gasteiger partial charge < -0.3 is 0 Å². The standard InChI is InChI=1S/C14H27ClN2Si/c1-4-7-12-18(15)16(5-2)13-10-8-9-11-14(13)17(18)6-3/h4,7,13-14H,5-6,8-12H2,1-3H3/b7-4-/t13-,14?,18?/m0/s1. The van der Waals surface area contributed by atoms with Crippen LogP contribution in [0.5, 0.6) is 0 Å². The number of likely N-dealkylation sites (N-methyl/N-ethyl adjacent to an activating group) is 2. The lowest BCUT2D eigenvalue weighted by Crippen LogP contribution is -2.55. The van der Waals surface area contributed by atoms with Gasteiger partial charge in [-0.25, -0.2) is 0 Å². The van der Waals surface area contributed by atoms with Gasteiger partial charge in [0.1, 0.15) is 0 Å². The van der Waals surface area contributed by atoms with Gasteiger partial charge in [0.05, 0.1) is 0 Å². The minimum atomic E-state index is -1.94. The first-order chi connectivity index (χ1) is 8.69. The molecule has 2 nitrogen and oxygen atoms in total. The van der Waals surface area contributed by atoms with Gasteiger partial charge in [0.2, 0.25) is 0 Å². The van der Waals surface area contributed by atoms with Crippen molar-refractivity contribution in [1.82, 2.24) is 9.13 Å². The first-order valence-corrected chi connectivity index (χ1v) is 10.6. The molecule has 2 fully saturated rings. The van der Waals surface area contributed by atoms with E-state index in [2.05, 4.69) is 42.1 Å². The zero-order chi connectivity index (χ0) is 13.2. The van der Waals surface area contributed by atoms with Gasteiger partial charge in [0.15, 0.2) is 0 Å². The van der Waals surface area contributed by atoms with Gasteiger partial charge >= 0.3 is 7.71 Å². The zero-order valence-electron chi connectivity index (χ0n) is 12.0. The Morgan fingerprint density at radius 3 is 2.00 bits per heavy atom. The summed E-state index contributed by atoms with van der Waals surface area (Å²) in [5, 5.41) is 0. The Morgan fingerprint density at radius 1 is 1.11 bits per heavy atom. The molecule has 0 aromatic heterocycles. The fourth-order valence-corrected chi connectivity index (χ4v) is 9.61. The molecule has 0 amide bonds. The second kappa shape index (κ2) is 6.08. The van der Waals surface area contributed by atoms with Crippen LogP contribution < -0.4 is 0 Å². The van der Waals surface area contributed by atoms with Crippen LogP contribution in [0.2, 0.25) is 6.04 Å². The number of fused-ring (bicyclic) bond motifs is 1. The van der Waals surface area contributed by atoms with Gasteiger partial charge in [-0.15, -0.1) is 11.1 Å². The summed E-state index contributed by atoms with van der Waals surface area (Å²) in [7, 11) is -1.94. The van der Waals surface area contributed by atoms with E-state index in [9.17, 15) is 0 Å². The van der Waals surface area contributed by atoms with E-state index in [4.69, 9.17) is 11.1 Å². The second-order valence-electron chi connectivity index (χ2n) is 5.48. The van der Waals surface area contributed by atoms with Crippen molar-refractivity contribution < 1.29 is 0 Å². The first-order valence-electron chi connectivity index (χ1n) is 7.52. The SMILES string of the molecule is C/C=C\C[Si]1(Cl)N(CC)C2CCCC[C@@H]2N1CC. The van der Waals surface area contributed by atoms with E-state index in [-0.39, 0.29) is 0 Å².